The van der Waals surface area contributed by atoms with E-state index in [0.717, 1.165) is 6.08 Å². The van der Waals surface area contributed by atoms with Crippen molar-refractivity contribution >= 4 is 29.8 Å². The fourth-order valence-corrected chi connectivity index (χ4v) is 6.33. The largest absolute Gasteiger partial charge is 0.463 e. The summed E-state index contributed by atoms with van der Waals surface area (Å²) in [5.41, 5.74) is 0. The summed E-state index contributed by atoms with van der Waals surface area (Å²) in [4.78, 5) is 24.0. The highest BCUT2D eigenvalue weighted by atomic mass is 32.2. The molecule has 8 heteroatoms. The number of carbonyl (C=O) groups excluding carboxylic acids is 2. The van der Waals surface area contributed by atoms with Gasteiger partial charge in [0.25, 0.3) is 0 Å². The Morgan fingerprint density at radius 3 is 1.85 bits per heavy atom. The van der Waals surface area contributed by atoms with Gasteiger partial charge in [-0.25, -0.2) is 18.0 Å². The molecule has 1 aromatic rings. The van der Waals surface area contributed by atoms with Gasteiger partial charge in [-0.05, 0) is 31.2 Å². The van der Waals surface area contributed by atoms with Crippen LogP contribution in [0.2, 0.25) is 19.6 Å². The molecule has 0 aliphatic heterocycles. The summed E-state index contributed by atoms with van der Waals surface area (Å²) in [7, 11) is -6.41. The van der Waals surface area contributed by atoms with Crippen LogP contribution in [-0.2, 0) is 28.9 Å². The van der Waals surface area contributed by atoms with E-state index in [1.165, 1.54) is 18.2 Å². The highest BCUT2D eigenvalue weighted by Crippen LogP contribution is 2.31. The molecule has 0 amide bonds. The lowest BCUT2D eigenvalue weighted by Crippen LogP contribution is -2.29. The lowest BCUT2D eigenvalue weighted by atomic mass is 10.4. The van der Waals surface area contributed by atoms with Crippen molar-refractivity contribution in [1.82, 2.24) is 0 Å². The molecule has 0 saturated heterocycles. The Bertz CT molecular complexity index is 833. The topological polar surface area (TPSA) is 86.7 Å². The first-order valence-electron chi connectivity index (χ1n) is 8.62. The molecule has 0 unspecified atom stereocenters. The van der Waals surface area contributed by atoms with E-state index in [9.17, 15) is 18.0 Å². The number of benzene rings is 1. The van der Waals surface area contributed by atoms with Crippen LogP contribution in [0.5, 0.6) is 0 Å². The zero-order valence-electron chi connectivity index (χ0n) is 16.3. The standard InChI is InChI=1S/C19H26O6SSi/c1-6-24-18(20)13-16(26(22,23)15-11-9-8-10-12-15)17(27(3,4)5)14-19(21)25-7-2/h8-14H,6-7H2,1-5H3/b16-13+,17-14-. The van der Waals surface area contributed by atoms with Gasteiger partial charge in [0.15, 0.2) is 0 Å². The average molecular weight is 411 g/mol. The van der Waals surface area contributed by atoms with E-state index < -0.39 is 29.8 Å². The summed E-state index contributed by atoms with van der Waals surface area (Å²) in [5, 5.41) is 0.304. The van der Waals surface area contributed by atoms with Crippen molar-refractivity contribution in [2.45, 2.75) is 38.4 Å². The van der Waals surface area contributed by atoms with Gasteiger partial charge in [0.2, 0.25) is 9.84 Å². The van der Waals surface area contributed by atoms with Crippen LogP contribution in [0, 0.1) is 0 Å². The van der Waals surface area contributed by atoms with Gasteiger partial charge in [0, 0.05) is 12.2 Å². The second-order valence-electron chi connectivity index (χ2n) is 6.64. The Balaban J connectivity index is 3.70. The maximum atomic E-state index is 13.3. The summed E-state index contributed by atoms with van der Waals surface area (Å²) in [6.45, 7) is 9.22. The molecule has 0 bridgehead atoms. The van der Waals surface area contributed by atoms with Gasteiger partial charge < -0.3 is 9.47 Å². The van der Waals surface area contributed by atoms with E-state index in [1.807, 2.05) is 19.6 Å². The average Bonchev–Trinajstić information content (AvgIpc) is 2.58. The Labute approximate surface area is 161 Å². The highest BCUT2D eigenvalue weighted by Gasteiger charge is 2.33. The number of sulfone groups is 1. The van der Waals surface area contributed by atoms with E-state index in [4.69, 9.17) is 9.47 Å². The number of hydrogen-bond acceptors (Lipinski definition) is 6. The number of carbonyl (C=O) groups is 2. The van der Waals surface area contributed by atoms with Crippen LogP contribution in [0.3, 0.4) is 0 Å². The van der Waals surface area contributed by atoms with Crippen molar-refractivity contribution in [2.75, 3.05) is 13.2 Å². The molecular weight excluding hydrogens is 384 g/mol. The van der Waals surface area contributed by atoms with Crippen molar-refractivity contribution in [3.63, 3.8) is 0 Å². The number of esters is 2. The lowest BCUT2D eigenvalue weighted by Gasteiger charge is -2.23. The molecule has 6 nitrogen and oxygen atoms in total. The molecular formula is C19H26O6SSi. The first-order chi connectivity index (χ1) is 12.5. The Kier molecular flexibility index (Phi) is 8.17. The molecule has 0 aliphatic carbocycles. The molecule has 0 saturated carbocycles. The van der Waals surface area contributed by atoms with Gasteiger partial charge in [-0.3, -0.25) is 0 Å². The predicted molar refractivity (Wildman–Crippen MR) is 106 cm³/mol. The van der Waals surface area contributed by atoms with Crippen LogP contribution in [0.25, 0.3) is 0 Å². The third-order valence-corrected chi connectivity index (χ3v) is 7.52. The Morgan fingerprint density at radius 2 is 1.41 bits per heavy atom. The quantitative estimate of drug-likeness (QED) is 0.283. The molecule has 0 atom stereocenters. The SMILES string of the molecule is CCOC(=O)/C=C(/C(=C\C(=O)OCC)S(=O)(=O)c1ccccc1)[Si](C)(C)C. The number of allylic oxidation sites excluding steroid dienone is 1. The smallest absolute Gasteiger partial charge is 0.332 e. The first kappa shape index (κ1) is 22.8. The molecule has 0 radical (unpaired) electrons. The van der Waals surface area contributed by atoms with Gasteiger partial charge in [0.1, 0.15) is 0 Å². The second kappa shape index (κ2) is 9.66. The number of hydrogen-bond donors (Lipinski definition) is 0. The number of rotatable bonds is 8. The third kappa shape index (κ3) is 6.48. The van der Waals surface area contributed by atoms with Crippen LogP contribution in [0.1, 0.15) is 13.8 Å². The molecule has 0 aromatic heterocycles. The van der Waals surface area contributed by atoms with Crippen LogP contribution >= 0.6 is 0 Å². The van der Waals surface area contributed by atoms with Gasteiger partial charge in [-0.1, -0.05) is 37.8 Å². The van der Waals surface area contributed by atoms with Crippen LogP contribution in [-0.4, -0.2) is 41.6 Å². The van der Waals surface area contributed by atoms with E-state index in [2.05, 4.69) is 0 Å². The zero-order valence-corrected chi connectivity index (χ0v) is 18.1. The normalized spacial score (nSPS) is 13.2. The first-order valence-corrected chi connectivity index (χ1v) is 13.6. The Hall–Kier alpha value is -2.19. The minimum absolute atomic E-state index is 0.0357. The summed E-state index contributed by atoms with van der Waals surface area (Å²) in [5.74, 6) is -1.42. The van der Waals surface area contributed by atoms with E-state index in [-0.39, 0.29) is 23.0 Å². The third-order valence-electron chi connectivity index (χ3n) is 3.50. The highest BCUT2D eigenvalue weighted by molar-refractivity contribution is 7.95. The summed E-state index contributed by atoms with van der Waals surface area (Å²) in [6, 6.07) is 7.78. The molecule has 0 heterocycles. The maximum absolute atomic E-state index is 13.3. The Morgan fingerprint density at radius 1 is 0.926 bits per heavy atom. The van der Waals surface area contributed by atoms with Crippen molar-refractivity contribution in [2.24, 2.45) is 0 Å². The van der Waals surface area contributed by atoms with Crippen LogP contribution in [0.4, 0.5) is 0 Å². The predicted octanol–water partition coefficient (Wildman–Crippen LogP) is 3.27. The molecule has 0 N–H and O–H groups in total. The fourth-order valence-electron chi connectivity index (χ4n) is 2.28. The molecule has 27 heavy (non-hydrogen) atoms. The fraction of sp³-hybridized carbons (Fsp3) is 0.368. The maximum Gasteiger partial charge on any atom is 0.332 e. The monoisotopic (exact) mass is 410 g/mol. The molecule has 0 spiro atoms. The van der Waals surface area contributed by atoms with Gasteiger partial charge in [0.05, 0.1) is 31.1 Å². The molecule has 1 rings (SSSR count). The zero-order chi connectivity index (χ0) is 20.7. The van der Waals surface area contributed by atoms with E-state index in [0.29, 0.717) is 5.20 Å². The molecule has 0 aliphatic rings. The van der Waals surface area contributed by atoms with E-state index in [1.54, 1.807) is 32.0 Å². The summed E-state index contributed by atoms with van der Waals surface area (Å²) < 4.78 is 36.4. The van der Waals surface area contributed by atoms with E-state index >= 15 is 0 Å². The van der Waals surface area contributed by atoms with Crippen molar-refractivity contribution < 1.29 is 27.5 Å². The lowest BCUT2D eigenvalue weighted by molar-refractivity contribution is -0.138. The van der Waals surface area contributed by atoms with Crippen molar-refractivity contribution in [3.8, 4) is 0 Å². The summed E-state index contributed by atoms with van der Waals surface area (Å²) in [6.07, 6.45) is 2.14. The van der Waals surface area contributed by atoms with Crippen molar-refractivity contribution in [3.05, 3.63) is 52.6 Å². The summed E-state index contributed by atoms with van der Waals surface area (Å²) >= 11 is 0. The van der Waals surface area contributed by atoms with Gasteiger partial charge in [-0.15, -0.1) is 0 Å². The van der Waals surface area contributed by atoms with Crippen LogP contribution in [0.15, 0.2) is 57.5 Å². The van der Waals surface area contributed by atoms with Crippen molar-refractivity contribution in [1.29, 1.82) is 0 Å². The van der Waals surface area contributed by atoms with Gasteiger partial charge in [-0.2, -0.15) is 0 Å². The molecule has 1 aromatic carbocycles. The minimum atomic E-state index is -4.04. The van der Waals surface area contributed by atoms with Gasteiger partial charge >= 0.3 is 11.9 Å². The minimum Gasteiger partial charge on any atom is -0.463 e. The number of ether oxygens (including phenoxy) is 2. The second-order valence-corrected chi connectivity index (χ2v) is 13.6. The molecule has 148 valence electrons. The molecule has 0 fully saturated rings. The van der Waals surface area contributed by atoms with Crippen LogP contribution < -0.4 is 0 Å².